The SMILES string of the molecule is NC(=O)[C@H]1[C@H]2C(=O)N(c3ccc(Cl)cc3)C(=O)[C@@H]2[C@@H]2c3ccccc3C=CN12. The number of rotatable bonds is 2. The first kappa shape index (κ1) is 17.0. The van der Waals surface area contributed by atoms with Crippen molar-refractivity contribution in [3.05, 3.63) is 70.9 Å². The summed E-state index contributed by atoms with van der Waals surface area (Å²) >= 11 is 5.94. The summed E-state index contributed by atoms with van der Waals surface area (Å²) in [7, 11) is 0. The molecule has 28 heavy (non-hydrogen) atoms. The Balaban J connectivity index is 1.65. The molecule has 2 N–H and O–H groups in total. The van der Waals surface area contributed by atoms with Gasteiger partial charge in [0.25, 0.3) is 0 Å². The van der Waals surface area contributed by atoms with Gasteiger partial charge in [-0.05, 0) is 41.5 Å². The molecular formula is C21H16ClN3O3. The molecule has 3 aliphatic heterocycles. The molecule has 2 aromatic rings. The summed E-state index contributed by atoms with van der Waals surface area (Å²) in [4.78, 5) is 41.9. The molecule has 3 amide bonds. The van der Waals surface area contributed by atoms with E-state index in [4.69, 9.17) is 17.3 Å². The van der Waals surface area contributed by atoms with Gasteiger partial charge in [0.15, 0.2) is 0 Å². The molecule has 0 unspecified atom stereocenters. The molecule has 0 saturated carbocycles. The highest BCUT2D eigenvalue weighted by Crippen LogP contribution is 2.52. The maximum Gasteiger partial charge on any atom is 0.240 e. The number of carbonyl (C=O) groups excluding carboxylic acids is 3. The maximum atomic E-state index is 13.4. The first-order valence-electron chi connectivity index (χ1n) is 8.96. The Bertz CT molecular complexity index is 1050. The van der Waals surface area contributed by atoms with Crippen LogP contribution in [0.25, 0.3) is 6.08 Å². The number of benzene rings is 2. The monoisotopic (exact) mass is 393 g/mol. The molecule has 3 heterocycles. The summed E-state index contributed by atoms with van der Waals surface area (Å²) in [6.45, 7) is 0. The van der Waals surface area contributed by atoms with Crippen molar-refractivity contribution in [2.24, 2.45) is 17.6 Å². The van der Waals surface area contributed by atoms with Crippen LogP contribution in [-0.2, 0) is 14.4 Å². The Kier molecular flexibility index (Phi) is 3.61. The van der Waals surface area contributed by atoms with Crippen LogP contribution < -0.4 is 10.6 Å². The number of anilines is 1. The van der Waals surface area contributed by atoms with Crippen molar-refractivity contribution in [1.29, 1.82) is 0 Å². The minimum absolute atomic E-state index is 0.318. The van der Waals surface area contributed by atoms with Crippen molar-refractivity contribution >= 4 is 41.1 Å². The van der Waals surface area contributed by atoms with Crippen LogP contribution in [0.1, 0.15) is 17.2 Å². The van der Waals surface area contributed by atoms with Crippen LogP contribution in [0.15, 0.2) is 54.7 Å². The van der Waals surface area contributed by atoms with Gasteiger partial charge in [-0.3, -0.25) is 14.4 Å². The minimum Gasteiger partial charge on any atom is -0.368 e. The van der Waals surface area contributed by atoms with E-state index in [9.17, 15) is 14.4 Å². The molecule has 140 valence electrons. The first-order chi connectivity index (χ1) is 13.5. The fraction of sp³-hybridized carbons (Fsp3) is 0.190. The highest BCUT2D eigenvalue weighted by molar-refractivity contribution is 6.31. The lowest BCUT2D eigenvalue weighted by Gasteiger charge is -2.34. The summed E-state index contributed by atoms with van der Waals surface area (Å²) in [6, 6.07) is 12.9. The van der Waals surface area contributed by atoms with Gasteiger partial charge in [0.1, 0.15) is 6.04 Å². The van der Waals surface area contributed by atoms with Crippen LogP contribution in [0.3, 0.4) is 0 Å². The quantitative estimate of drug-likeness (QED) is 0.794. The molecule has 0 bridgehead atoms. The van der Waals surface area contributed by atoms with Crippen molar-refractivity contribution in [2.75, 3.05) is 4.90 Å². The molecule has 0 spiro atoms. The molecule has 5 rings (SSSR count). The lowest BCUT2D eigenvalue weighted by atomic mass is 9.84. The maximum absolute atomic E-state index is 13.4. The second-order valence-corrected chi connectivity index (χ2v) is 7.66. The average molecular weight is 394 g/mol. The number of primary amides is 1. The molecule has 2 saturated heterocycles. The van der Waals surface area contributed by atoms with Crippen molar-refractivity contribution in [2.45, 2.75) is 12.1 Å². The number of halogens is 1. The summed E-state index contributed by atoms with van der Waals surface area (Å²) in [5, 5.41) is 0.510. The molecule has 4 atom stereocenters. The van der Waals surface area contributed by atoms with E-state index >= 15 is 0 Å². The van der Waals surface area contributed by atoms with E-state index in [-0.39, 0.29) is 5.91 Å². The predicted octanol–water partition coefficient (Wildman–Crippen LogP) is 2.34. The highest BCUT2D eigenvalue weighted by Gasteiger charge is 2.64. The molecule has 7 heteroatoms. The zero-order valence-electron chi connectivity index (χ0n) is 14.7. The van der Waals surface area contributed by atoms with Gasteiger partial charge in [-0.2, -0.15) is 0 Å². The first-order valence-corrected chi connectivity index (χ1v) is 9.34. The number of fused-ring (bicyclic) bond motifs is 5. The molecule has 0 radical (unpaired) electrons. The second-order valence-electron chi connectivity index (χ2n) is 7.22. The van der Waals surface area contributed by atoms with Crippen molar-refractivity contribution in [3.8, 4) is 0 Å². The van der Waals surface area contributed by atoms with E-state index in [1.807, 2.05) is 30.3 Å². The summed E-state index contributed by atoms with van der Waals surface area (Å²) < 4.78 is 0. The van der Waals surface area contributed by atoms with E-state index in [0.717, 1.165) is 11.1 Å². The van der Waals surface area contributed by atoms with Gasteiger partial charge in [-0.1, -0.05) is 35.9 Å². The highest BCUT2D eigenvalue weighted by atomic mass is 35.5. The van der Waals surface area contributed by atoms with Crippen molar-refractivity contribution < 1.29 is 14.4 Å². The van der Waals surface area contributed by atoms with Gasteiger partial charge in [0, 0.05) is 11.2 Å². The normalized spacial score (nSPS) is 27.6. The minimum atomic E-state index is -0.867. The van der Waals surface area contributed by atoms with Gasteiger partial charge in [0.05, 0.1) is 23.6 Å². The number of hydrogen-bond acceptors (Lipinski definition) is 4. The number of nitrogens with zero attached hydrogens (tertiary/aromatic N) is 2. The molecule has 2 aromatic carbocycles. The number of carbonyl (C=O) groups is 3. The number of nitrogens with two attached hydrogens (primary N) is 1. The molecular weight excluding hydrogens is 378 g/mol. The Morgan fingerprint density at radius 2 is 1.64 bits per heavy atom. The van der Waals surface area contributed by atoms with Gasteiger partial charge < -0.3 is 10.6 Å². The number of imide groups is 1. The van der Waals surface area contributed by atoms with Crippen molar-refractivity contribution in [3.63, 3.8) is 0 Å². The molecule has 3 aliphatic rings. The lowest BCUT2D eigenvalue weighted by Crippen LogP contribution is -2.46. The van der Waals surface area contributed by atoms with E-state index in [2.05, 4.69) is 0 Å². The van der Waals surface area contributed by atoms with Crippen LogP contribution in [0.5, 0.6) is 0 Å². The van der Waals surface area contributed by atoms with E-state index < -0.39 is 35.7 Å². The Hall–Kier alpha value is -3.12. The summed E-state index contributed by atoms with van der Waals surface area (Å²) in [6.07, 6.45) is 3.66. The Labute approximate surface area is 166 Å². The van der Waals surface area contributed by atoms with Crippen molar-refractivity contribution in [1.82, 2.24) is 4.90 Å². The third-order valence-electron chi connectivity index (χ3n) is 5.84. The molecule has 0 aromatic heterocycles. The van der Waals surface area contributed by atoms with Gasteiger partial charge in [0.2, 0.25) is 17.7 Å². The summed E-state index contributed by atoms with van der Waals surface area (Å²) in [5.74, 6) is -2.82. The largest absolute Gasteiger partial charge is 0.368 e. The summed E-state index contributed by atoms with van der Waals surface area (Å²) in [5.41, 5.74) is 8.02. The zero-order chi connectivity index (χ0) is 19.6. The fourth-order valence-electron chi connectivity index (χ4n) is 4.73. The smallest absolute Gasteiger partial charge is 0.240 e. The van der Waals surface area contributed by atoms with Crippen LogP contribution in [0, 0.1) is 11.8 Å². The zero-order valence-corrected chi connectivity index (χ0v) is 15.4. The Morgan fingerprint density at radius 1 is 0.964 bits per heavy atom. The number of amides is 3. The number of hydrogen-bond donors (Lipinski definition) is 1. The third-order valence-corrected chi connectivity index (χ3v) is 6.09. The molecule has 2 fully saturated rings. The predicted molar refractivity (Wildman–Crippen MR) is 104 cm³/mol. The van der Waals surface area contributed by atoms with E-state index in [0.29, 0.717) is 10.7 Å². The van der Waals surface area contributed by atoms with Crippen LogP contribution >= 0.6 is 11.6 Å². The topological polar surface area (TPSA) is 83.7 Å². The van der Waals surface area contributed by atoms with Crippen LogP contribution in [0.2, 0.25) is 5.02 Å². The molecule has 0 aliphatic carbocycles. The van der Waals surface area contributed by atoms with E-state index in [1.165, 1.54) is 4.90 Å². The standard InChI is InChI=1S/C21H16ClN3O3/c22-12-5-7-13(8-6-12)25-20(27)15-16(21(25)28)18(19(23)26)24-10-9-11-3-1-2-4-14(11)17(15)24/h1-10,15-18H,(H2,23,26)/t15-,16-,17-,18+/m0/s1. The Morgan fingerprint density at radius 3 is 2.36 bits per heavy atom. The average Bonchev–Trinajstić information content (AvgIpc) is 3.16. The fourth-order valence-corrected chi connectivity index (χ4v) is 4.85. The van der Waals surface area contributed by atoms with Crippen LogP contribution in [0.4, 0.5) is 5.69 Å². The van der Waals surface area contributed by atoms with Gasteiger partial charge >= 0.3 is 0 Å². The van der Waals surface area contributed by atoms with E-state index in [1.54, 1.807) is 35.4 Å². The lowest BCUT2D eigenvalue weighted by molar-refractivity contribution is -0.129. The molecule has 6 nitrogen and oxygen atoms in total. The second kappa shape index (κ2) is 5.94. The van der Waals surface area contributed by atoms with Gasteiger partial charge in [-0.25, -0.2) is 4.90 Å². The third kappa shape index (κ3) is 2.18. The van der Waals surface area contributed by atoms with Crippen LogP contribution in [-0.4, -0.2) is 28.7 Å². The van der Waals surface area contributed by atoms with Gasteiger partial charge in [-0.15, -0.1) is 0 Å².